The van der Waals surface area contributed by atoms with Gasteiger partial charge < -0.3 is 10.0 Å². The number of hydrogen-bond acceptors (Lipinski definition) is 2. The van der Waals surface area contributed by atoms with Crippen LogP contribution in [0.1, 0.15) is 26.7 Å². The van der Waals surface area contributed by atoms with E-state index in [1.807, 2.05) is 0 Å². The van der Waals surface area contributed by atoms with Crippen molar-refractivity contribution >= 4 is 6.09 Å². The molecule has 1 aliphatic heterocycles. The summed E-state index contributed by atoms with van der Waals surface area (Å²) in [5.41, 5.74) is 0. The van der Waals surface area contributed by atoms with E-state index in [9.17, 15) is 4.79 Å². The lowest BCUT2D eigenvalue weighted by Crippen LogP contribution is -2.57. The average molecular weight is 212 g/mol. The summed E-state index contributed by atoms with van der Waals surface area (Å²) >= 11 is 0. The molecule has 1 amide bonds. The summed E-state index contributed by atoms with van der Waals surface area (Å²) < 4.78 is 0. The first-order valence-corrected chi connectivity index (χ1v) is 5.83. The summed E-state index contributed by atoms with van der Waals surface area (Å²) in [6.07, 6.45) is 1.85. The van der Waals surface area contributed by atoms with Gasteiger partial charge in [-0.3, -0.25) is 4.90 Å². The van der Waals surface area contributed by atoms with Crippen molar-refractivity contribution in [3.8, 4) is 0 Å². The highest BCUT2D eigenvalue weighted by Crippen LogP contribution is 2.30. The van der Waals surface area contributed by atoms with Gasteiger partial charge in [-0.25, -0.2) is 4.79 Å². The SMILES string of the molecule is CC(C)[C@H]1CN(C2CC2)CCN1C(=O)O. The van der Waals surface area contributed by atoms with E-state index < -0.39 is 6.09 Å². The van der Waals surface area contributed by atoms with Crippen molar-refractivity contribution in [2.45, 2.75) is 38.8 Å². The Bertz CT molecular complexity index is 251. The Kier molecular flexibility index (Phi) is 2.87. The van der Waals surface area contributed by atoms with Crippen LogP contribution < -0.4 is 0 Å². The second-order valence-electron chi connectivity index (χ2n) is 5.01. The van der Waals surface area contributed by atoms with Gasteiger partial charge in [-0.05, 0) is 18.8 Å². The van der Waals surface area contributed by atoms with Gasteiger partial charge in [0.2, 0.25) is 0 Å². The largest absolute Gasteiger partial charge is 0.465 e. The van der Waals surface area contributed by atoms with E-state index in [1.165, 1.54) is 12.8 Å². The second kappa shape index (κ2) is 4.00. The molecule has 0 aromatic carbocycles. The maximum Gasteiger partial charge on any atom is 0.407 e. The van der Waals surface area contributed by atoms with Crippen LogP contribution in [0.5, 0.6) is 0 Å². The van der Waals surface area contributed by atoms with Crippen molar-refractivity contribution in [2.24, 2.45) is 5.92 Å². The zero-order valence-electron chi connectivity index (χ0n) is 9.52. The Morgan fingerprint density at radius 3 is 2.47 bits per heavy atom. The molecule has 0 aromatic heterocycles. The highest BCUT2D eigenvalue weighted by molar-refractivity contribution is 5.65. The third-order valence-corrected chi connectivity index (χ3v) is 3.53. The van der Waals surface area contributed by atoms with Crippen LogP contribution in [0, 0.1) is 5.92 Å². The number of carbonyl (C=O) groups is 1. The summed E-state index contributed by atoms with van der Waals surface area (Å²) in [6, 6.07) is 0.930. The molecule has 1 N–H and O–H groups in total. The number of rotatable bonds is 2. The highest BCUT2D eigenvalue weighted by atomic mass is 16.4. The van der Waals surface area contributed by atoms with E-state index in [0.29, 0.717) is 12.5 Å². The summed E-state index contributed by atoms with van der Waals surface area (Å²) in [7, 11) is 0. The Morgan fingerprint density at radius 2 is 2.00 bits per heavy atom. The van der Waals surface area contributed by atoms with Crippen molar-refractivity contribution in [3.63, 3.8) is 0 Å². The fourth-order valence-electron chi connectivity index (χ4n) is 2.41. The Hall–Kier alpha value is -0.770. The standard InChI is InChI=1S/C11H20N2O2/c1-8(2)10-7-12(9-3-4-9)5-6-13(10)11(14)15/h8-10H,3-7H2,1-2H3,(H,14,15)/t10-/m1/s1. The van der Waals surface area contributed by atoms with Crippen LogP contribution in [0.2, 0.25) is 0 Å². The number of carboxylic acid groups (broad SMARTS) is 1. The van der Waals surface area contributed by atoms with Gasteiger partial charge in [0.1, 0.15) is 0 Å². The van der Waals surface area contributed by atoms with Crippen molar-refractivity contribution in [2.75, 3.05) is 19.6 Å². The smallest absolute Gasteiger partial charge is 0.407 e. The van der Waals surface area contributed by atoms with E-state index >= 15 is 0 Å². The molecule has 1 aliphatic carbocycles. The molecule has 0 radical (unpaired) electrons. The monoisotopic (exact) mass is 212 g/mol. The molecule has 0 unspecified atom stereocenters. The molecule has 15 heavy (non-hydrogen) atoms. The summed E-state index contributed by atoms with van der Waals surface area (Å²) in [5.74, 6) is 0.405. The van der Waals surface area contributed by atoms with Gasteiger partial charge in [0.15, 0.2) is 0 Å². The molecule has 4 nitrogen and oxygen atoms in total. The normalized spacial score (nSPS) is 28.5. The van der Waals surface area contributed by atoms with Gasteiger partial charge in [-0.15, -0.1) is 0 Å². The van der Waals surface area contributed by atoms with Crippen LogP contribution >= 0.6 is 0 Å². The first kappa shape index (κ1) is 10.7. The summed E-state index contributed by atoms with van der Waals surface area (Å²) in [5, 5.41) is 9.11. The molecule has 1 saturated carbocycles. The molecular formula is C11H20N2O2. The lowest BCUT2D eigenvalue weighted by atomic mass is 10.00. The zero-order valence-corrected chi connectivity index (χ0v) is 9.52. The third-order valence-electron chi connectivity index (χ3n) is 3.53. The third kappa shape index (κ3) is 2.25. The van der Waals surface area contributed by atoms with Gasteiger partial charge in [0.25, 0.3) is 0 Å². The fourth-order valence-corrected chi connectivity index (χ4v) is 2.41. The van der Waals surface area contributed by atoms with Gasteiger partial charge in [0.05, 0.1) is 6.04 Å². The minimum absolute atomic E-state index is 0.178. The molecule has 1 heterocycles. The number of amides is 1. The summed E-state index contributed by atoms with van der Waals surface area (Å²) in [6.45, 7) is 6.73. The van der Waals surface area contributed by atoms with Crippen LogP contribution in [0.25, 0.3) is 0 Å². The Morgan fingerprint density at radius 1 is 1.33 bits per heavy atom. The minimum atomic E-state index is -0.760. The van der Waals surface area contributed by atoms with Crippen molar-refractivity contribution in [1.29, 1.82) is 0 Å². The molecule has 0 bridgehead atoms. The predicted molar refractivity (Wildman–Crippen MR) is 58.0 cm³/mol. The van der Waals surface area contributed by atoms with Crippen molar-refractivity contribution < 1.29 is 9.90 Å². The van der Waals surface area contributed by atoms with E-state index in [0.717, 1.165) is 19.1 Å². The van der Waals surface area contributed by atoms with Crippen molar-refractivity contribution in [3.05, 3.63) is 0 Å². The molecule has 1 saturated heterocycles. The van der Waals surface area contributed by atoms with E-state index in [2.05, 4.69) is 18.7 Å². The van der Waals surface area contributed by atoms with E-state index in [-0.39, 0.29) is 6.04 Å². The molecule has 1 atom stereocenters. The molecule has 2 rings (SSSR count). The van der Waals surface area contributed by atoms with Crippen LogP contribution in [0.15, 0.2) is 0 Å². The first-order chi connectivity index (χ1) is 7.09. The molecule has 2 aliphatic rings. The molecule has 2 fully saturated rings. The fraction of sp³-hybridized carbons (Fsp3) is 0.909. The topological polar surface area (TPSA) is 43.8 Å². The predicted octanol–water partition coefficient (Wildman–Crippen LogP) is 1.47. The summed E-state index contributed by atoms with van der Waals surface area (Å²) in [4.78, 5) is 15.1. The van der Waals surface area contributed by atoms with Crippen molar-refractivity contribution in [1.82, 2.24) is 9.80 Å². The quantitative estimate of drug-likeness (QED) is 0.753. The first-order valence-electron chi connectivity index (χ1n) is 5.83. The molecular weight excluding hydrogens is 192 g/mol. The maximum atomic E-state index is 11.1. The Labute approximate surface area is 90.9 Å². The molecule has 0 aromatic rings. The average Bonchev–Trinajstić information content (AvgIpc) is 2.99. The number of hydrogen-bond donors (Lipinski definition) is 1. The van der Waals surface area contributed by atoms with Crippen LogP contribution in [0.3, 0.4) is 0 Å². The molecule has 0 spiro atoms. The van der Waals surface area contributed by atoms with E-state index in [1.54, 1.807) is 4.90 Å². The van der Waals surface area contributed by atoms with Gasteiger partial charge in [-0.1, -0.05) is 13.8 Å². The van der Waals surface area contributed by atoms with Gasteiger partial charge >= 0.3 is 6.09 Å². The highest BCUT2D eigenvalue weighted by Gasteiger charge is 2.38. The number of nitrogens with zero attached hydrogens (tertiary/aromatic N) is 2. The minimum Gasteiger partial charge on any atom is -0.465 e. The van der Waals surface area contributed by atoms with E-state index in [4.69, 9.17) is 5.11 Å². The molecule has 86 valence electrons. The van der Waals surface area contributed by atoms with Crippen LogP contribution in [0.4, 0.5) is 4.79 Å². The lowest BCUT2D eigenvalue weighted by Gasteiger charge is -2.42. The second-order valence-corrected chi connectivity index (χ2v) is 5.01. The Balaban J connectivity index is 2.01. The molecule has 4 heteroatoms. The van der Waals surface area contributed by atoms with Gasteiger partial charge in [-0.2, -0.15) is 0 Å². The van der Waals surface area contributed by atoms with Crippen LogP contribution in [-0.4, -0.2) is 52.7 Å². The van der Waals surface area contributed by atoms with Crippen LogP contribution in [-0.2, 0) is 0 Å². The maximum absolute atomic E-state index is 11.1. The zero-order chi connectivity index (χ0) is 11.0. The van der Waals surface area contributed by atoms with Gasteiger partial charge in [0, 0.05) is 25.7 Å². The number of piperazine rings is 1. The lowest BCUT2D eigenvalue weighted by molar-refractivity contribution is 0.0462.